The van der Waals surface area contributed by atoms with E-state index in [0.29, 0.717) is 29.2 Å². The molecule has 0 atom stereocenters. The van der Waals surface area contributed by atoms with Crippen LogP contribution in [0.1, 0.15) is 34.0 Å². The first kappa shape index (κ1) is 23.5. The second kappa shape index (κ2) is 11.5. The van der Waals surface area contributed by atoms with Crippen molar-refractivity contribution in [2.45, 2.75) is 20.8 Å². The van der Waals surface area contributed by atoms with E-state index in [4.69, 9.17) is 9.47 Å². The minimum Gasteiger partial charge on any atom is -0.490 e. The summed E-state index contributed by atoms with van der Waals surface area (Å²) >= 11 is 0. The minimum atomic E-state index is -0.467. The number of carbonyl (C=O) groups excluding carboxylic acids is 2. The van der Waals surface area contributed by atoms with Crippen LogP contribution >= 0.6 is 0 Å². The molecule has 0 saturated heterocycles. The van der Waals surface area contributed by atoms with Gasteiger partial charge in [0, 0.05) is 5.69 Å². The van der Waals surface area contributed by atoms with Crippen LogP contribution in [-0.4, -0.2) is 31.2 Å². The van der Waals surface area contributed by atoms with Crippen LogP contribution in [0.15, 0.2) is 71.8 Å². The van der Waals surface area contributed by atoms with Crippen molar-refractivity contribution in [2.75, 3.05) is 18.5 Å². The highest BCUT2D eigenvalue weighted by molar-refractivity contribution is 5.91. The predicted octanol–water partition coefficient (Wildman–Crippen LogP) is 4.48. The third-order valence-electron chi connectivity index (χ3n) is 4.67. The molecule has 0 spiro atoms. The van der Waals surface area contributed by atoms with Gasteiger partial charge in [-0.05, 0) is 68.8 Å². The van der Waals surface area contributed by atoms with Gasteiger partial charge in [0.25, 0.3) is 5.91 Å². The van der Waals surface area contributed by atoms with Crippen LogP contribution in [0.2, 0.25) is 0 Å². The second-order valence-electron chi connectivity index (χ2n) is 7.41. The largest absolute Gasteiger partial charge is 0.490 e. The molecule has 0 saturated carbocycles. The number of benzene rings is 3. The number of ether oxygens (including phenoxy) is 2. The lowest BCUT2D eigenvalue weighted by molar-refractivity contribution is -0.119. The number of hydrogen-bond donors (Lipinski definition) is 2. The number of anilines is 1. The summed E-state index contributed by atoms with van der Waals surface area (Å²) in [6, 6.07) is 20.0. The highest BCUT2D eigenvalue weighted by atomic mass is 16.6. The maximum Gasteiger partial charge on any atom is 0.343 e. The summed E-state index contributed by atoms with van der Waals surface area (Å²) < 4.78 is 11.1. The van der Waals surface area contributed by atoms with Crippen molar-refractivity contribution in [2.24, 2.45) is 5.10 Å². The number of rotatable bonds is 9. The van der Waals surface area contributed by atoms with E-state index >= 15 is 0 Å². The van der Waals surface area contributed by atoms with Gasteiger partial charge in [0.15, 0.2) is 11.5 Å². The molecule has 0 bridgehead atoms. The Morgan fingerprint density at radius 3 is 2.24 bits per heavy atom. The average Bonchev–Trinajstić information content (AvgIpc) is 2.81. The lowest BCUT2D eigenvalue weighted by Crippen LogP contribution is -2.25. The maximum atomic E-state index is 12.4. The van der Waals surface area contributed by atoms with Crippen molar-refractivity contribution in [3.05, 3.63) is 89.0 Å². The molecular formula is C26H27N3O4. The first-order valence-corrected chi connectivity index (χ1v) is 10.6. The zero-order valence-electron chi connectivity index (χ0n) is 18.9. The topological polar surface area (TPSA) is 89.0 Å². The van der Waals surface area contributed by atoms with Crippen molar-refractivity contribution >= 4 is 23.8 Å². The highest BCUT2D eigenvalue weighted by Crippen LogP contribution is 2.29. The van der Waals surface area contributed by atoms with Crippen LogP contribution in [0.3, 0.4) is 0 Å². The molecule has 1 amide bonds. The number of carbonyl (C=O) groups is 2. The molecule has 3 aromatic rings. The van der Waals surface area contributed by atoms with Crippen molar-refractivity contribution in [1.29, 1.82) is 0 Å². The number of amides is 1. The molecule has 0 aliphatic heterocycles. The molecule has 0 aliphatic rings. The van der Waals surface area contributed by atoms with Gasteiger partial charge >= 0.3 is 5.97 Å². The summed E-state index contributed by atoms with van der Waals surface area (Å²) in [6.07, 6.45) is 1.50. The second-order valence-corrected chi connectivity index (χ2v) is 7.41. The van der Waals surface area contributed by atoms with Crippen molar-refractivity contribution in [1.82, 2.24) is 5.43 Å². The van der Waals surface area contributed by atoms with Gasteiger partial charge in [0.1, 0.15) is 0 Å². The average molecular weight is 446 g/mol. The van der Waals surface area contributed by atoms with Crippen LogP contribution < -0.4 is 20.2 Å². The van der Waals surface area contributed by atoms with Crippen molar-refractivity contribution in [3.8, 4) is 11.5 Å². The number of nitrogens with zero attached hydrogens (tertiary/aromatic N) is 1. The van der Waals surface area contributed by atoms with E-state index in [9.17, 15) is 9.59 Å². The molecule has 0 fully saturated rings. The van der Waals surface area contributed by atoms with Crippen LogP contribution in [0.25, 0.3) is 0 Å². The molecule has 2 N–H and O–H groups in total. The normalized spacial score (nSPS) is 10.6. The summed E-state index contributed by atoms with van der Waals surface area (Å²) in [5, 5.41) is 7.02. The fraction of sp³-hybridized carbons (Fsp3) is 0.192. The number of aryl methyl sites for hydroxylation is 2. The molecule has 0 radical (unpaired) electrons. The zero-order chi connectivity index (χ0) is 23.6. The molecular weight excluding hydrogens is 418 g/mol. The van der Waals surface area contributed by atoms with Gasteiger partial charge in [-0.1, -0.05) is 35.4 Å². The lowest BCUT2D eigenvalue weighted by atomic mass is 10.1. The predicted molar refractivity (Wildman–Crippen MR) is 129 cm³/mol. The van der Waals surface area contributed by atoms with Crippen LogP contribution in [0, 0.1) is 13.8 Å². The van der Waals surface area contributed by atoms with Gasteiger partial charge in [-0.2, -0.15) is 5.10 Å². The molecule has 7 nitrogen and oxygen atoms in total. The van der Waals surface area contributed by atoms with Crippen LogP contribution in [0.5, 0.6) is 11.5 Å². The number of hydrazone groups is 1. The van der Waals surface area contributed by atoms with Crippen LogP contribution in [-0.2, 0) is 4.79 Å². The van der Waals surface area contributed by atoms with Crippen molar-refractivity contribution in [3.63, 3.8) is 0 Å². The molecule has 0 unspecified atom stereocenters. The molecule has 0 aliphatic carbocycles. The van der Waals surface area contributed by atoms with Gasteiger partial charge in [-0.15, -0.1) is 0 Å². The molecule has 3 rings (SSSR count). The molecule has 3 aromatic carbocycles. The fourth-order valence-electron chi connectivity index (χ4n) is 2.88. The molecule has 170 valence electrons. The Bertz CT molecular complexity index is 1120. The third kappa shape index (κ3) is 7.21. The highest BCUT2D eigenvalue weighted by Gasteiger charge is 2.13. The Labute approximate surface area is 193 Å². The monoisotopic (exact) mass is 445 g/mol. The summed E-state index contributed by atoms with van der Waals surface area (Å²) in [5.74, 6) is -0.0219. The van der Waals surface area contributed by atoms with E-state index in [0.717, 1.165) is 16.8 Å². The van der Waals surface area contributed by atoms with Crippen LogP contribution in [0.4, 0.5) is 5.69 Å². The van der Waals surface area contributed by atoms with E-state index in [1.165, 1.54) is 6.21 Å². The van der Waals surface area contributed by atoms with Gasteiger partial charge in [-0.25, -0.2) is 10.2 Å². The van der Waals surface area contributed by atoms with E-state index in [-0.39, 0.29) is 12.5 Å². The summed E-state index contributed by atoms with van der Waals surface area (Å²) in [6.45, 7) is 6.29. The Morgan fingerprint density at radius 2 is 1.58 bits per heavy atom. The summed E-state index contributed by atoms with van der Waals surface area (Å²) in [5.41, 5.74) is 6.68. The quantitative estimate of drug-likeness (QED) is 0.219. The third-order valence-corrected chi connectivity index (χ3v) is 4.67. The summed E-state index contributed by atoms with van der Waals surface area (Å²) in [4.78, 5) is 24.4. The maximum absolute atomic E-state index is 12.4. The molecule has 0 heterocycles. The van der Waals surface area contributed by atoms with Gasteiger partial charge in [0.05, 0.1) is 24.9 Å². The van der Waals surface area contributed by atoms with Gasteiger partial charge in [-0.3, -0.25) is 4.79 Å². The number of nitrogens with one attached hydrogen (secondary N) is 2. The zero-order valence-corrected chi connectivity index (χ0v) is 18.9. The minimum absolute atomic E-state index is 0.0957. The number of hydrogen-bond acceptors (Lipinski definition) is 6. The Hall–Kier alpha value is -4.13. The smallest absolute Gasteiger partial charge is 0.343 e. The Morgan fingerprint density at radius 1 is 0.909 bits per heavy atom. The Kier molecular flexibility index (Phi) is 8.18. The first-order valence-electron chi connectivity index (χ1n) is 10.6. The SMILES string of the molecule is CCOc1cc(/C=N\NC(=O)CNc2ccc(C)cc2)ccc1OC(=O)c1ccc(C)cc1. The van der Waals surface area contributed by atoms with E-state index in [2.05, 4.69) is 15.8 Å². The fourth-order valence-corrected chi connectivity index (χ4v) is 2.88. The Balaban J connectivity index is 1.58. The van der Waals surface area contributed by atoms with E-state index in [1.807, 2.05) is 57.2 Å². The molecule has 7 heteroatoms. The summed E-state index contributed by atoms with van der Waals surface area (Å²) in [7, 11) is 0. The van der Waals surface area contributed by atoms with E-state index < -0.39 is 5.97 Å². The standard InChI is InChI=1S/C26H27N3O4/c1-4-32-24-15-20(9-14-23(24)33-26(31)21-10-5-18(2)6-11-21)16-28-29-25(30)17-27-22-12-7-19(3)8-13-22/h5-16,27H,4,17H2,1-3H3,(H,29,30)/b28-16-. The van der Waals surface area contributed by atoms with Gasteiger partial charge in [0.2, 0.25) is 0 Å². The lowest BCUT2D eigenvalue weighted by Gasteiger charge is -2.11. The van der Waals surface area contributed by atoms with E-state index in [1.54, 1.807) is 30.3 Å². The first-order chi connectivity index (χ1) is 15.9. The molecule has 0 aromatic heterocycles. The number of esters is 1. The van der Waals surface area contributed by atoms with Gasteiger partial charge < -0.3 is 14.8 Å². The van der Waals surface area contributed by atoms with Crippen molar-refractivity contribution < 1.29 is 19.1 Å². The molecule has 33 heavy (non-hydrogen) atoms.